The number of likely N-dealkylation sites (N-methyl/N-ethyl adjacent to an activating group) is 1. The lowest BCUT2D eigenvalue weighted by Gasteiger charge is -2.25. The number of rotatable bonds is 3. The molecule has 0 unspecified atom stereocenters. The normalized spacial score (nSPS) is 10.3. The monoisotopic (exact) mass is 329 g/mol. The van der Waals surface area contributed by atoms with Gasteiger partial charge in [-0.25, -0.2) is 0 Å². The first-order chi connectivity index (χ1) is 9.12. The van der Waals surface area contributed by atoms with Crippen molar-refractivity contribution in [2.24, 2.45) is 0 Å². The van der Waals surface area contributed by atoms with E-state index in [0.717, 1.165) is 23.1 Å². The highest BCUT2D eigenvalue weighted by Gasteiger charge is 2.09. The fraction of sp³-hybridized carbons (Fsp3) is 0.222. The van der Waals surface area contributed by atoms with E-state index in [1.807, 2.05) is 6.08 Å². The highest BCUT2D eigenvalue weighted by Crippen LogP contribution is 2.17. The van der Waals surface area contributed by atoms with Crippen LogP contribution in [-0.2, 0) is 0 Å². The molecule has 0 saturated heterocycles. The van der Waals surface area contributed by atoms with E-state index in [0.29, 0.717) is 0 Å². The van der Waals surface area contributed by atoms with E-state index >= 15 is 0 Å². The Hall–Kier alpha value is -1.56. The molecule has 0 atom stereocenters. The van der Waals surface area contributed by atoms with E-state index in [-0.39, 0.29) is 17.0 Å². The standard InChI is InChI=1S/C18H20N.BrH/c1-4-14-19(2,3)15-8-12-17-11-7-10-16-9-5-6-13-18(16)17;/h4-7,9-11,13H,1,14-15H2,2-3H3;1H/q+1;/p-1. The van der Waals surface area contributed by atoms with Gasteiger partial charge in [-0.2, -0.15) is 0 Å². The van der Waals surface area contributed by atoms with Gasteiger partial charge < -0.3 is 21.5 Å². The van der Waals surface area contributed by atoms with Crippen molar-refractivity contribution < 1.29 is 21.5 Å². The lowest BCUT2D eigenvalue weighted by molar-refractivity contribution is -0.877. The van der Waals surface area contributed by atoms with Crippen LogP contribution in [0.3, 0.4) is 0 Å². The largest absolute Gasteiger partial charge is 1.00 e. The third-order valence-corrected chi connectivity index (χ3v) is 3.14. The highest BCUT2D eigenvalue weighted by molar-refractivity contribution is 5.88. The molecule has 0 heterocycles. The molecule has 0 aliphatic carbocycles. The molecule has 0 bridgehead atoms. The van der Waals surface area contributed by atoms with Gasteiger partial charge in [-0.05, 0) is 28.8 Å². The molecule has 2 aromatic carbocycles. The van der Waals surface area contributed by atoms with Crippen LogP contribution in [0.4, 0.5) is 0 Å². The number of quaternary nitrogens is 1. The number of halogens is 1. The number of benzene rings is 2. The molecule has 0 aliphatic heterocycles. The second-order valence-electron chi connectivity index (χ2n) is 5.39. The van der Waals surface area contributed by atoms with Crippen molar-refractivity contribution in [1.29, 1.82) is 0 Å². The minimum atomic E-state index is 0. The number of nitrogens with zero attached hydrogens (tertiary/aromatic N) is 1. The molecule has 2 heteroatoms. The maximum absolute atomic E-state index is 3.79. The van der Waals surface area contributed by atoms with E-state index in [1.54, 1.807) is 0 Å². The van der Waals surface area contributed by atoms with Crippen molar-refractivity contribution in [3.8, 4) is 11.8 Å². The Morgan fingerprint density at radius 1 is 1.10 bits per heavy atom. The van der Waals surface area contributed by atoms with Gasteiger partial charge in [0, 0.05) is 5.56 Å². The molecule has 20 heavy (non-hydrogen) atoms. The molecular formula is C18H20BrN. The molecule has 2 aromatic rings. The van der Waals surface area contributed by atoms with Crippen LogP contribution in [0.25, 0.3) is 10.8 Å². The molecule has 0 saturated carbocycles. The van der Waals surface area contributed by atoms with Gasteiger partial charge in [0.1, 0.15) is 6.54 Å². The smallest absolute Gasteiger partial charge is 0.141 e. The number of hydrogen-bond donors (Lipinski definition) is 0. The molecule has 0 aromatic heterocycles. The zero-order valence-corrected chi connectivity index (χ0v) is 13.7. The zero-order chi connectivity index (χ0) is 13.7. The minimum Gasteiger partial charge on any atom is -1.00 e. The van der Waals surface area contributed by atoms with Gasteiger partial charge in [0.25, 0.3) is 0 Å². The molecule has 0 N–H and O–H groups in total. The zero-order valence-electron chi connectivity index (χ0n) is 12.1. The van der Waals surface area contributed by atoms with Gasteiger partial charge in [0.05, 0.1) is 20.6 Å². The van der Waals surface area contributed by atoms with Crippen LogP contribution in [-0.4, -0.2) is 31.7 Å². The van der Waals surface area contributed by atoms with Crippen LogP contribution in [0.1, 0.15) is 5.56 Å². The predicted octanol–water partition coefficient (Wildman–Crippen LogP) is 0.458. The number of fused-ring (bicyclic) bond motifs is 1. The first-order valence-corrected chi connectivity index (χ1v) is 6.52. The van der Waals surface area contributed by atoms with E-state index in [1.165, 1.54) is 10.8 Å². The van der Waals surface area contributed by atoms with Crippen LogP contribution in [0, 0.1) is 11.8 Å². The molecule has 0 amide bonds. The first kappa shape index (κ1) is 16.5. The van der Waals surface area contributed by atoms with Gasteiger partial charge in [-0.1, -0.05) is 48.9 Å². The van der Waals surface area contributed by atoms with Crippen molar-refractivity contribution in [3.63, 3.8) is 0 Å². The van der Waals surface area contributed by atoms with Gasteiger partial charge >= 0.3 is 0 Å². The lowest BCUT2D eigenvalue weighted by Crippen LogP contribution is -3.00. The van der Waals surface area contributed by atoms with E-state index in [2.05, 4.69) is 75.0 Å². The molecule has 0 aliphatic rings. The number of hydrogen-bond acceptors (Lipinski definition) is 0. The maximum atomic E-state index is 3.79. The summed E-state index contributed by atoms with van der Waals surface area (Å²) < 4.78 is 0.848. The first-order valence-electron chi connectivity index (χ1n) is 6.52. The second kappa shape index (κ2) is 7.28. The Labute approximate surface area is 132 Å². The summed E-state index contributed by atoms with van der Waals surface area (Å²) in [7, 11) is 4.33. The summed E-state index contributed by atoms with van der Waals surface area (Å²) in [5, 5.41) is 2.47. The van der Waals surface area contributed by atoms with Gasteiger partial charge in [0.2, 0.25) is 0 Å². The summed E-state index contributed by atoms with van der Waals surface area (Å²) in [6.07, 6.45) is 1.94. The lowest BCUT2D eigenvalue weighted by atomic mass is 10.1. The fourth-order valence-electron chi connectivity index (χ4n) is 2.10. The average molecular weight is 330 g/mol. The Morgan fingerprint density at radius 2 is 1.80 bits per heavy atom. The molecule has 0 radical (unpaired) electrons. The van der Waals surface area contributed by atoms with Crippen molar-refractivity contribution in [2.45, 2.75) is 0 Å². The van der Waals surface area contributed by atoms with Crippen LogP contribution in [0.5, 0.6) is 0 Å². The van der Waals surface area contributed by atoms with Gasteiger partial charge in [-0.3, -0.25) is 0 Å². The van der Waals surface area contributed by atoms with Gasteiger partial charge in [-0.15, -0.1) is 0 Å². The molecule has 0 spiro atoms. The van der Waals surface area contributed by atoms with Crippen molar-refractivity contribution in [2.75, 3.05) is 27.2 Å². The summed E-state index contributed by atoms with van der Waals surface area (Å²) in [5.41, 5.74) is 1.11. The summed E-state index contributed by atoms with van der Waals surface area (Å²) in [5.74, 6) is 6.60. The topological polar surface area (TPSA) is 0 Å². The Bertz CT molecular complexity index is 642. The summed E-state index contributed by atoms with van der Waals surface area (Å²) in [6, 6.07) is 14.6. The van der Waals surface area contributed by atoms with Gasteiger partial charge in [0.15, 0.2) is 0 Å². The summed E-state index contributed by atoms with van der Waals surface area (Å²) >= 11 is 0. The van der Waals surface area contributed by atoms with Crippen LogP contribution < -0.4 is 17.0 Å². The quantitative estimate of drug-likeness (QED) is 0.436. The maximum Gasteiger partial charge on any atom is 0.141 e. The van der Waals surface area contributed by atoms with Crippen molar-refractivity contribution in [3.05, 3.63) is 60.7 Å². The molecular weight excluding hydrogens is 310 g/mol. The molecule has 1 nitrogen and oxygen atoms in total. The third kappa shape index (κ3) is 4.23. The predicted molar refractivity (Wildman–Crippen MR) is 82.9 cm³/mol. The van der Waals surface area contributed by atoms with Crippen LogP contribution in [0.15, 0.2) is 55.1 Å². The fourth-order valence-corrected chi connectivity index (χ4v) is 2.10. The van der Waals surface area contributed by atoms with Crippen LogP contribution in [0.2, 0.25) is 0 Å². The van der Waals surface area contributed by atoms with E-state index in [4.69, 9.17) is 0 Å². The Balaban J connectivity index is 0.00000200. The average Bonchev–Trinajstić information content (AvgIpc) is 2.39. The highest BCUT2D eigenvalue weighted by atomic mass is 79.9. The molecule has 0 fully saturated rings. The van der Waals surface area contributed by atoms with Crippen LogP contribution >= 0.6 is 0 Å². The van der Waals surface area contributed by atoms with Crippen molar-refractivity contribution in [1.82, 2.24) is 0 Å². The molecule has 104 valence electrons. The second-order valence-corrected chi connectivity index (χ2v) is 5.39. The Kier molecular flexibility index (Phi) is 6.01. The minimum absolute atomic E-state index is 0. The summed E-state index contributed by atoms with van der Waals surface area (Å²) in [4.78, 5) is 0. The third-order valence-electron chi connectivity index (χ3n) is 3.14. The van der Waals surface area contributed by atoms with Crippen molar-refractivity contribution >= 4 is 10.8 Å². The molecule has 2 rings (SSSR count). The SMILES string of the molecule is C=CC[N+](C)(C)CC#Cc1cccc2ccccc12.[Br-]. The van der Waals surface area contributed by atoms with E-state index in [9.17, 15) is 0 Å². The van der Waals surface area contributed by atoms with E-state index < -0.39 is 0 Å². The Morgan fingerprint density at radius 3 is 2.55 bits per heavy atom. The summed E-state index contributed by atoms with van der Waals surface area (Å²) in [6.45, 7) is 5.55.